The van der Waals surface area contributed by atoms with Crippen molar-refractivity contribution in [3.8, 4) is 5.75 Å². The molecule has 6 nitrogen and oxygen atoms in total. The van der Waals surface area contributed by atoms with Crippen LogP contribution in [0.5, 0.6) is 5.75 Å². The molecule has 0 aliphatic heterocycles. The highest BCUT2D eigenvalue weighted by molar-refractivity contribution is 5.97. The van der Waals surface area contributed by atoms with Crippen LogP contribution >= 0.6 is 0 Å². The van der Waals surface area contributed by atoms with Gasteiger partial charge in [0.1, 0.15) is 23.4 Å². The van der Waals surface area contributed by atoms with E-state index in [1.165, 1.54) is 5.39 Å². The van der Waals surface area contributed by atoms with Crippen LogP contribution < -0.4 is 10.1 Å². The summed E-state index contributed by atoms with van der Waals surface area (Å²) in [4.78, 5) is 12.2. The molecule has 0 spiro atoms. The second-order valence-electron chi connectivity index (χ2n) is 5.64. The maximum absolute atomic E-state index is 12.2. The number of carbonyl (C=O) groups excluding carboxylic acids is 1. The van der Waals surface area contributed by atoms with Gasteiger partial charge in [-0.15, -0.1) is 0 Å². The van der Waals surface area contributed by atoms with Crippen molar-refractivity contribution in [3.63, 3.8) is 0 Å². The van der Waals surface area contributed by atoms with Crippen LogP contribution in [0.1, 0.15) is 10.4 Å². The summed E-state index contributed by atoms with van der Waals surface area (Å²) in [6.45, 7) is 0.818. The first kappa shape index (κ1) is 15.1. The van der Waals surface area contributed by atoms with Crippen molar-refractivity contribution in [1.82, 2.24) is 20.7 Å². The van der Waals surface area contributed by atoms with Crippen LogP contribution in [0.2, 0.25) is 0 Å². The molecule has 3 aromatic carbocycles. The van der Waals surface area contributed by atoms with Crippen LogP contribution in [0, 0.1) is 0 Å². The van der Waals surface area contributed by atoms with E-state index < -0.39 is 0 Å². The molecule has 0 bridgehead atoms. The normalized spacial score (nSPS) is 10.9. The molecule has 0 atom stereocenters. The Bertz CT molecular complexity index is 1040. The van der Waals surface area contributed by atoms with Gasteiger partial charge in [0.25, 0.3) is 5.91 Å². The van der Waals surface area contributed by atoms with Gasteiger partial charge in [0.2, 0.25) is 0 Å². The molecular weight excluding hydrogens is 316 g/mol. The molecule has 25 heavy (non-hydrogen) atoms. The van der Waals surface area contributed by atoms with Crippen LogP contribution in [0.15, 0.2) is 60.7 Å². The molecule has 1 aromatic heterocycles. The van der Waals surface area contributed by atoms with Crippen molar-refractivity contribution >= 4 is 27.7 Å². The van der Waals surface area contributed by atoms with Crippen molar-refractivity contribution in [2.24, 2.45) is 0 Å². The first-order valence-corrected chi connectivity index (χ1v) is 8.00. The third-order valence-electron chi connectivity index (χ3n) is 3.96. The summed E-state index contributed by atoms with van der Waals surface area (Å²) in [5.74, 6) is 0.629. The lowest BCUT2D eigenvalue weighted by atomic mass is 10.1. The molecule has 1 amide bonds. The minimum Gasteiger partial charge on any atom is -0.492 e. The number of hydrogen-bond donors (Lipinski definition) is 2. The predicted octanol–water partition coefficient (Wildman–Crippen LogP) is 2.92. The molecule has 0 fully saturated rings. The van der Waals surface area contributed by atoms with Gasteiger partial charge in [0.15, 0.2) is 0 Å². The predicted molar refractivity (Wildman–Crippen MR) is 95.7 cm³/mol. The van der Waals surface area contributed by atoms with Gasteiger partial charge in [0.05, 0.1) is 6.54 Å². The van der Waals surface area contributed by atoms with Crippen molar-refractivity contribution in [2.75, 3.05) is 13.2 Å². The highest BCUT2D eigenvalue weighted by atomic mass is 16.5. The molecule has 0 aliphatic carbocycles. The highest BCUT2D eigenvalue weighted by Gasteiger charge is 2.07. The van der Waals surface area contributed by atoms with Crippen LogP contribution in [-0.2, 0) is 0 Å². The zero-order chi connectivity index (χ0) is 17.1. The van der Waals surface area contributed by atoms with Gasteiger partial charge in [-0.05, 0) is 41.1 Å². The Kier molecular flexibility index (Phi) is 4.00. The molecule has 0 saturated heterocycles. The summed E-state index contributed by atoms with van der Waals surface area (Å²) in [6.07, 6.45) is 0. The Hall–Kier alpha value is -3.41. The van der Waals surface area contributed by atoms with E-state index in [2.05, 4.69) is 26.8 Å². The Balaban J connectivity index is 1.32. The second-order valence-corrected chi connectivity index (χ2v) is 5.64. The van der Waals surface area contributed by atoms with Gasteiger partial charge < -0.3 is 10.1 Å². The number of fused-ring (bicyclic) bond motifs is 2. The first-order chi connectivity index (χ1) is 12.3. The highest BCUT2D eigenvalue weighted by Crippen LogP contribution is 2.20. The Labute approximate surface area is 143 Å². The Morgan fingerprint density at radius 1 is 0.960 bits per heavy atom. The quantitative estimate of drug-likeness (QED) is 0.551. The van der Waals surface area contributed by atoms with Crippen LogP contribution in [0.25, 0.3) is 21.8 Å². The summed E-state index contributed by atoms with van der Waals surface area (Å²) in [7, 11) is 0. The lowest BCUT2D eigenvalue weighted by Crippen LogP contribution is -2.28. The average Bonchev–Trinajstić information content (AvgIpc) is 3.12. The number of carbonyl (C=O) groups is 1. The minimum absolute atomic E-state index is 0.160. The largest absolute Gasteiger partial charge is 0.492 e. The van der Waals surface area contributed by atoms with Gasteiger partial charge in [-0.1, -0.05) is 30.3 Å². The van der Waals surface area contributed by atoms with E-state index in [1.54, 1.807) is 18.2 Å². The van der Waals surface area contributed by atoms with Crippen molar-refractivity contribution in [1.29, 1.82) is 0 Å². The van der Waals surface area contributed by atoms with Crippen LogP contribution in [0.4, 0.5) is 0 Å². The summed E-state index contributed by atoms with van der Waals surface area (Å²) in [5, 5.41) is 15.6. The van der Waals surface area contributed by atoms with E-state index in [4.69, 9.17) is 4.74 Å². The molecule has 0 aliphatic rings. The van der Waals surface area contributed by atoms with Gasteiger partial charge in [-0.2, -0.15) is 15.4 Å². The van der Waals surface area contributed by atoms with E-state index in [0.717, 1.165) is 16.7 Å². The number of nitrogens with one attached hydrogen (secondary N) is 2. The third kappa shape index (κ3) is 3.28. The topological polar surface area (TPSA) is 79.9 Å². The van der Waals surface area contributed by atoms with Crippen LogP contribution in [0.3, 0.4) is 0 Å². The molecule has 4 aromatic rings. The SMILES string of the molecule is O=C(NCCOc1ccc2ccccc2c1)c1ccc2n[nH]nc2c1. The summed E-state index contributed by atoms with van der Waals surface area (Å²) in [6, 6.07) is 19.3. The van der Waals surface area contributed by atoms with E-state index in [1.807, 2.05) is 36.4 Å². The number of aromatic nitrogens is 3. The number of H-pyrrole nitrogens is 1. The minimum atomic E-state index is -0.160. The lowest BCUT2D eigenvalue weighted by Gasteiger charge is -2.09. The maximum atomic E-state index is 12.2. The Morgan fingerprint density at radius 3 is 2.72 bits per heavy atom. The number of amides is 1. The fourth-order valence-electron chi connectivity index (χ4n) is 2.67. The standard InChI is InChI=1S/C19H16N4O2/c24-19(15-6-8-17-18(12-15)22-23-21-17)20-9-10-25-16-7-5-13-3-1-2-4-14(13)11-16/h1-8,11-12H,9-10H2,(H,20,24)(H,21,22,23). The molecule has 124 valence electrons. The molecule has 6 heteroatoms. The van der Waals surface area contributed by atoms with Gasteiger partial charge in [-0.25, -0.2) is 0 Å². The fourth-order valence-corrected chi connectivity index (χ4v) is 2.67. The zero-order valence-corrected chi connectivity index (χ0v) is 13.4. The van der Waals surface area contributed by atoms with Crippen molar-refractivity contribution in [3.05, 3.63) is 66.2 Å². The van der Waals surface area contributed by atoms with Gasteiger partial charge >= 0.3 is 0 Å². The Morgan fingerprint density at radius 2 is 1.80 bits per heavy atom. The molecule has 0 radical (unpaired) electrons. The average molecular weight is 332 g/mol. The third-order valence-corrected chi connectivity index (χ3v) is 3.96. The smallest absolute Gasteiger partial charge is 0.251 e. The maximum Gasteiger partial charge on any atom is 0.251 e. The van der Waals surface area contributed by atoms with E-state index in [-0.39, 0.29) is 5.91 Å². The molecule has 0 saturated carbocycles. The monoisotopic (exact) mass is 332 g/mol. The van der Waals surface area contributed by atoms with E-state index in [9.17, 15) is 4.79 Å². The van der Waals surface area contributed by atoms with E-state index in [0.29, 0.717) is 24.2 Å². The number of ether oxygens (including phenoxy) is 1. The van der Waals surface area contributed by atoms with Crippen molar-refractivity contribution in [2.45, 2.75) is 0 Å². The molecule has 4 rings (SSSR count). The van der Waals surface area contributed by atoms with Crippen molar-refractivity contribution < 1.29 is 9.53 Å². The molecular formula is C19H16N4O2. The number of benzene rings is 3. The molecule has 0 unspecified atom stereocenters. The van der Waals surface area contributed by atoms with E-state index >= 15 is 0 Å². The number of hydrogen-bond acceptors (Lipinski definition) is 4. The fraction of sp³-hybridized carbons (Fsp3) is 0.105. The number of aromatic amines is 1. The molecule has 1 heterocycles. The zero-order valence-electron chi connectivity index (χ0n) is 13.4. The summed E-state index contributed by atoms with van der Waals surface area (Å²) in [5.41, 5.74) is 1.95. The number of rotatable bonds is 5. The lowest BCUT2D eigenvalue weighted by molar-refractivity contribution is 0.0947. The first-order valence-electron chi connectivity index (χ1n) is 8.00. The van der Waals surface area contributed by atoms with Gasteiger partial charge in [0, 0.05) is 5.56 Å². The summed E-state index contributed by atoms with van der Waals surface area (Å²) >= 11 is 0. The van der Waals surface area contributed by atoms with Gasteiger partial charge in [-0.3, -0.25) is 4.79 Å². The molecule has 2 N–H and O–H groups in total. The second kappa shape index (κ2) is 6.60. The number of nitrogens with zero attached hydrogens (tertiary/aromatic N) is 2. The van der Waals surface area contributed by atoms with Crippen LogP contribution in [-0.4, -0.2) is 34.5 Å². The summed E-state index contributed by atoms with van der Waals surface area (Å²) < 4.78 is 5.72.